The third kappa shape index (κ3) is 2.11. The van der Waals surface area contributed by atoms with Crippen LogP contribution in [0.1, 0.15) is 38.5 Å². The summed E-state index contributed by atoms with van der Waals surface area (Å²) in [5.41, 5.74) is 0.631. The Morgan fingerprint density at radius 3 is 2.62 bits per heavy atom. The van der Waals surface area contributed by atoms with Crippen molar-refractivity contribution in [2.45, 2.75) is 44.6 Å². The molecule has 0 spiro atoms. The normalized spacial score (nSPS) is 30.3. The minimum atomic E-state index is -3.91. The molecule has 0 bridgehead atoms. The smallest absolute Gasteiger partial charge is 0.268 e. The van der Waals surface area contributed by atoms with Crippen LogP contribution in [0.2, 0.25) is 0 Å². The number of nitrogens with zero attached hydrogens (tertiary/aromatic N) is 1. The van der Waals surface area contributed by atoms with Gasteiger partial charge < -0.3 is 0 Å². The number of fused-ring (bicyclic) bond motifs is 1. The second-order valence-electron chi connectivity index (χ2n) is 4.21. The van der Waals surface area contributed by atoms with E-state index in [0.717, 1.165) is 36.4 Å². The molecule has 1 heterocycles. The van der Waals surface area contributed by atoms with E-state index in [0.29, 0.717) is 12.0 Å². The highest BCUT2D eigenvalue weighted by Gasteiger charge is 2.47. The zero-order valence-electron chi connectivity index (χ0n) is 8.86. The number of β-lactam (4-membered cyclic amide) rings is 1. The Morgan fingerprint density at radius 1 is 1.25 bits per heavy atom. The zero-order chi connectivity index (χ0) is 11.8. The second-order valence-corrected chi connectivity index (χ2v) is 6.60. The Kier molecular flexibility index (Phi) is 3.26. The first kappa shape index (κ1) is 11.9. The van der Waals surface area contributed by atoms with Crippen molar-refractivity contribution >= 4 is 25.8 Å². The molecule has 0 N–H and O–H groups in total. The highest BCUT2D eigenvalue weighted by atomic mass is 35.7. The quantitative estimate of drug-likeness (QED) is 0.537. The summed E-state index contributed by atoms with van der Waals surface area (Å²) in [4.78, 5) is 11.6. The third-order valence-corrected chi connectivity index (χ3v) is 4.46. The molecule has 0 aromatic heterocycles. The standard InChI is InChI=1S/C10H14ClNO3S/c11-16(14,15)12-9-7-5-3-1-2-4-6-8(9)10(12)13/h6,9H,1-5,7H2/b8-6+. The number of hydrogen-bond donors (Lipinski definition) is 0. The molecule has 1 amide bonds. The summed E-state index contributed by atoms with van der Waals surface area (Å²) < 4.78 is 23.2. The van der Waals surface area contributed by atoms with Gasteiger partial charge in [0.15, 0.2) is 0 Å². The third-order valence-electron chi connectivity index (χ3n) is 3.12. The van der Waals surface area contributed by atoms with Crippen LogP contribution in [0, 0.1) is 0 Å². The van der Waals surface area contributed by atoms with Gasteiger partial charge in [-0.25, -0.2) is 4.31 Å². The highest BCUT2D eigenvalue weighted by Crippen LogP contribution is 2.35. The van der Waals surface area contributed by atoms with Crippen LogP contribution < -0.4 is 0 Å². The van der Waals surface area contributed by atoms with E-state index in [1.54, 1.807) is 0 Å². The van der Waals surface area contributed by atoms with Crippen molar-refractivity contribution in [3.05, 3.63) is 11.6 Å². The van der Waals surface area contributed by atoms with E-state index in [2.05, 4.69) is 0 Å². The summed E-state index contributed by atoms with van der Waals surface area (Å²) in [5, 5.41) is 0. The van der Waals surface area contributed by atoms with Gasteiger partial charge in [-0.2, -0.15) is 8.42 Å². The van der Waals surface area contributed by atoms with Gasteiger partial charge >= 0.3 is 9.24 Å². The molecular formula is C10H14ClNO3S. The van der Waals surface area contributed by atoms with Gasteiger partial charge in [-0.1, -0.05) is 25.3 Å². The maximum Gasteiger partial charge on any atom is 0.324 e. The van der Waals surface area contributed by atoms with Gasteiger partial charge in [0, 0.05) is 16.3 Å². The fraction of sp³-hybridized carbons (Fsp3) is 0.700. The number of carbonyl (C=O) groups is 1. The number of allylic oxidation sites excluding steroid dienone is 1. The van der Waals surface area contributed by atoms with Gasteiger partial charge in [0.05, 0.1) is 6.04 Å². The Balaban J connectivity index is 2.22. The molecule has 0 aromatic carbocycles. The second kappa shape index (κ2) is 4.37. The van der Waals surface area contributed by atoms with E-state index in [-0.39, 0.29) is 6.04 Å². The van der Waals surface area contributed by atoms with Gasteiger partial charge in [-0.05, 0) is 19.3 Å². The molecule has 0 saturated carbocycles. The molecular weight excluding hydrogens is 250 g/mol. The number of halogens is 1. The van der Waals surface area contributed by atoms with Gasteiger partial charge in [-0.15, -0.1) is 0 Å². The van der Waals surface area contributed by atoms with Crippen LogP contribution >= 0.6 is 10.7 Å². The monoisotopic (exact) mass is 263 g/mol. The molecule has 90 valence electrons. The van der Waals surface area contributed by atoms with Gasteiger partial charge in [0.25, 0.3) is 5.91 Å². The molecule has 4 nitrogen and oxygen atoms in total. The molecule has 1 unspecified atom stereocenters. The maximum absolute atomic E-state index is 11.6. The van der Waals surface area contributed by atoms with Crippen molar-refractivity contribution in [2.75, 3.05) is 0 Å². The van der Waals surface area contributed by atoms with Crippen molar-refractivity contribution in [2.24, 2.45) is 0 Å². The maximum atomic E-state index is 11.6. The first-order chi connectivity index (χ1) is 7.52. The molecule has 1 saturated heterocycles. The molecule has 16 heavy (non-hydrogen) atoms. The lowest BCUT2D eigenvalue weighted by atomic mass is 9.93. The SMILES string of the molecule is O=C1/C2=C/CCCCCCC2N1S(=O)(=O)Cl. The predicted molar refractivity (Wildman–Crippen MR) is 61.2 cm³/mol. The fourth-order valence-corrected chi connectivity index (χ4v) is 3.61. The summed E-state index contributed by atoms with van der Waals surface area (Å²) in [5.74, 6) is -0.443. The summed E-state index contributed by atoms with van der Waals surface area (Å²) in [6, 6.07) is -0.312. The fourth-order valence-electron chi connectivity index (χ4n) is 2.31. The van der Waals surface area contributed by atoms with Crippen LogP contribution in [0.5, 0.6) is 0 Å². The van der Waals surface area contributed by atoms with E-state index in [4.69, 9.17) is 10.7 Å². The number of amides is 1. The van der Waals surface area contributed by atoms with Crippen molar-refractivity contribution in [3.8, 4) is 0 Å². The Morgan fingerprint density at radius 2 is 1.94 bits per heavy atom. The molecule has 1 atom stereocenters. The van der Waals surface area contributed by atoms with Crippen LogP contribution in [0.4, 0.5) is 0 Å². The van der Waals surface area contributed by atoms with Crippen LogP contribution in [0.25, 0.3) is 0 Å². The van der Waals surface area contributed by atoms with Gasteiger partial charge in [-0.3, -0.25) is 4.79 Å². The van der Waals surface area contributed by atoms with Crippen molar-refractivity contribution < 1.29 is 13.2 Å². The van der Waals surface area contributed by atoms with Crippen molar-refractivity contribution in [1.29, 1.82) is 0 Å². The number of rotatable bonds is 1. The Bertz CT molecular complexity index is 429. The molecule has 2 aliphatic rings. The molecule has 1 aliphatic heterocycles. The van der Waals surface area contributed by atoms with Crippen LogP contribution in [-0.2, 0) is 14.0 Å². The van der Waals surface area contributed by atoms with Crippen LogP contribution in [0.15, 0.2) is 11.6 Å². The van der Waals surface area contributed by atoms with E-state index >= 15 is 0 Å². The Hall–Kier alpha value is -0.550. The van der Waals surface area contributed by atoms with Crippen LogP contribution in [0.3, 0.4) is 0 Å². The van der Waals surface area contributed by atoms with Gasteiger partial charge in [0.1, 0.15) is 0 Å². The average Bonchev–Trinajstić information content (AvgIpc) is 2.25. The summed E-state index contributed by atoms with van der Waals surface area (Å²) in [7, 11) is 1.32. The number of carbonyl (C=O) groups excluding carboxylic acids is 1. The highest BCUT2D eigenvalue weighted by molar-refractivity contribution is 8.12. The minimum absolute atomic E-state index is 0.312. The first-order valence-corrected chi connectivity index (χ1v) is 7.77. The van der Waals surface area contributed by atoms with Crippen LogP contribution in [-0.4, -0.2) is 24.7 Å². The van der Waals surface area contributed by atoms with Crippen molar-refractivity contribution in [1.82, 2.24) is 4.31 Å². The molecule has 2 rings (SSSR count). The number of hydrogen-bond acceptors (Lipinski definition) is 3. The van der Waals surface area contributed by atoms with E-state index < -0.39 is 15.1 Å². The summed E-state index contributed by atoms with van der Waals surface area (Å²) in [6.07, 6.45) is 7.66. The molecule has 1 fully saturated rings. The van der Waals surface area contributed by atoms with E-state index in [9.17, 15) is 13.2 Å². The van der Waals surface area contributed by atoms with E-state index in [1.807, 2.05) is 6.08 Å². The van der Waals surface area contributed by atoms with Crippen molar-refractivity contribution in [3.63, 3.8) is 0 Å². The van der Waals surface area contributed by atoms with Gasteiger partial charge in [0.2, 0.25) is 0 Å². The topological polar surface area (TPSA) is 54.5 Å². The molecule has 0 radical (unpaired) electrons. The lowest BCUT2D eigenvalue weighted by Gasteiger charge is -2.39. The average molecular weight is 264 g/mol. The van der Waals surface area contributed by atoms with E-state index in [1.165, 1.54) is 0 Å². The largest absolute Gasteiger partial charge is 0.324 e. The Labute approximate surface area is 99.8 Å². The lowest BCUT2D eigenvalue weighted by molar-refractivity contribution is -0.130. The summed E-state index contributed by atoms with van der Waals surface area (Å²) >= 11 is 0. The summed E-state index contributed by atoms with van der Waals surface area (Å²) in [6.45, 7) is 0. The first-order valence-electron chi connectivity index (χ1n) is 5.50. The predicted octanol–water partition coefficient (Wildman–Crippen LogP) is 1.96. The molecule has 6 heteroatoms. The zero-order valence-corrected chi connectivity index (χ0v) is 10.4. The minimum Gasteiger partial charge on any atom is -0.268 e. The lowest BCUT2D eigenvalue weighted by Crippen LogP contribution is -2.56. The molecule has 1 aliphatic carbocycles. The molecule has 0 aromatic rings.